The van der Waals surface area contributed by atoms with E-state index in [1.165, 1.54) is 30.1 Å². The van der Waals surface area contributed by atoms with E-state index in [9.17, 15) is 28.8 Å². The molecule has 1 aromatic heterocycles. The smallest absolute Gasteiger partial charge is 0.330 e. The Kier molecular flexibility index (Phi) is 27.3. The van der Waals surface area contributed by atoms with Crippen LogP contribution in [0.2, 0.25) is 0 Å². The fourth-order valence-electron chi connectivity index (χ4n) is 9.38. The average molecular weight is 1160 g/mol. The molecule has 17 nitrogen and oxygen atoms in total. The number of aromatic nitrogens is 1. The molecular formula is C65H79N3O14S. The first-order valence-electron chi connectivity index (χ1n) is 28.9. The molecule has 0 N–H and O–H groups in total. The summed E-state index contributed by atoms with van der Waals surface area (Å²) in [6.07, 6.45) is 16.2. The van der Waals surface area contributed by atoms with Gasteiger partial charge in [-0.1, -0.05) is 61.2 Å². The number of thiazole rings is 1. The molecule has 18 heteroatoms. The number of carbonyl (C=O) groups is 6. The number of methoxy groups -OCH3 is 1. The minimum atomic E-state index is -0.413. The maximum Gasteiger partial charge on any atom is 0.330 e. The Labute approximate surface area is 491 Å². The fourth-order valence-corrected chi connectivity index (χ4v) is 10.3. The highest BCUT2D eigenvalue weighted by atomic mass is 32.1. The molecule has 7 rings (SSSR count). The molecular weight excluding hydrogens is 1080 g/mol. The zero-order valence-electron chi connectivity index (χ0n) is 48.1. The van der Waals surface area contributed by atoms with Crippen LogP contribution < -0.4 is 28.7 Å². The van der Waals surface area contributed by atoms with Gasteiger partial charge in [0.05, 0.1) is 73.6 Å². The van der Waals surface area contributed by atoms with Crippen LogP contribution in [0.4, 0.5) is 5.13 Å². The topological polar surface area (TPSA) is 205 Å². The number of benzene rings is 4. The zero-order chi connectivity index (χ0) is 59.2. The lowest BCUT2D eigenvalue weighted by atomic mass is 9.82. The third kappa shape index (κ3) is 22.1. The number of hydrogen-bond donors (Lipinski definition) is 0. The van der Waals surface area contributed by atoms with E-state index >= 15 is 0 Å². The summed E-state index contributed by atoms with van der Waals surface area (Å²) >= 11 is 1.52. The van der Waals surface area contributed by atoms with E-state index in [0.717, 1.165) is 86.4 Å². The molecule has 2 aliphatic carbocycles. The number of hydrogen-bond acceptors (Lipinski definition) is 18. The van der Waals surface area contributed by atoms with Crippen molar-refractivity contribution in [3.05, 3.63) is 127 Å². The Hall–Kier alpha value is -7.86. The van der Waals surface area contributed by atoms with E-state index in [1.807, 2.05) is 55.5 Å². The van der Waals surface area contributed by atoms with Gasteiger partial charge in [0.15, 0.2) is 0 Å². The normalized spacial score (nSPS) is 16.5. The lowest BCUT2D eigenvalue weighted by Crippen LogP contribution is -2.30. The molecule has 0 saturated heterocycles. The van der Waals surface area contributed by atoms with Crippen molar-refractivity contribution in [3.8, 4) is 28.7 Å². The molecule has 0 aliphatic heterocycles. The Morgan fingerprint density at radius 3 is 1.54 bits per heavy atom. The molecule has 2 fully saturated rings. The van der Waals surface area contributed by atoms with Crippen LogP contribution in [-0.2, 0) is 43.0 Å². The molecule has 0 radical (unpaired) electrons. The third-order valence-electron chi connectivity index (χ3n) is 14.2. The maximum absolute atomic E-state index is 13.5. The first kappa shape index (κ1) is 64.3. The molecule has 0 atom stereocenters. The van der Waals surface area contributed by atoms with Crippen LogP contribution in [0.25, 0.3) is 10.2 Å². The summed E-state index contributed by atoms with van der Waals surface area (Å²) in [5.74, 6) is -0.985. The van der Waals surface area contributed by atoms with Gasteiger partial charge in [0.25, 0.3) is 0 Å². The van der Waals surface area contributed by atoms with Crippen molar-refractivity contribution in [3.63, 3.8) is 0 Å². The number of hydrazone groups is 1. The quantitative estimate of drug-likeness (QED) is 0.00797. The first-order valence-corrected chi connectivity index (χ1v) is 29.7. The van der Waals surface area contributed by atoms with E-state index in [0.29, 0.717) is 99.9 Å². The Morgan fingerprint density at radius 2 is 1.04 bits per heavy atom. The lowest BCUT2D eigenvalue weighted by Gasteiger charge is -2.26. The van der Waals surface area contributed by atoms with Crippen LogP contribution in [0, 0.1) is 30.6 Å². The highest BCUT2D eigenvalue weighted by Gasteiger charge is 2.34. The molecule has 444 valence electrons. The van der Waals surface area contributed by atoms with E-state index in [2.05, 4.69) is 20.1 Å². The van der Waals surface area contributed by atoms with Crippen LogP contribution in [0.15, 0.2) is 121 Å². The zero-order valence-corrected chi connectivity index (χ0v) is 49.0. The summed E-state index contributed by atoms with van der Waals surface area (Å²) in [4.78, 5) is 78.8. The standard InChI is InChI=1S/C49H57N3O11S.C16H22O3/c1-4-28-52(49-51-41-12-8-9-13-43(41)64-49)50-32-37-31-40(26-27-42(37)63-48(57)36-16-14-33(15-17-36)45(54)58-3)62-47(56)35-20-18-34(19-21-35)46(55)61-39-24-22-38(23-25-39)59-29-10-6-7-11-30-60-44(53)5-2;1-3-16(17)19-13-7-5-4-6-12-18-15-10-8-14(2)9-11-15/h5,8-9,12-13,22-27,31-36H,2,4,6-7,10-11,14-21,28-30H2,1,3H3;3,8-11H,1,4-7,12-13H2,2H3/b50-32+;. The summed E-state index contributed by atoms with van der Waals surface area (Å²) in [5, 5.41) is 7.30. The summed E-state index contributed by atoms with van der Waals surface area (Å²) in [6, 6.07) is 27.7. The van der Waals surface area contributed by atoms with Gasteiger partial charge in [-0.15, -0.1) is 0 Å². The minimum absolute atomic E-state index is 0.227. The van der Waals surface area contributed by atoms with E-state index in [-0.39, 0.29) is 47.2 Å². The van der Waals surface area contributed by atoms with Crippen molar-refractivity contribution in [2.24, 2.45) is 28.8 Å². The van der Waals surface area contributed by atoms with Gasteiger partial charge in [0.2, 0.25) is 5.13 Å². The van der Waals surface area contributed by atoms with E-state index in [1.54, 1.807) is 53.7 Å². The first-order chi connectivity index (χ1) is 40.3. The van der Waals surface area contributed by atoms with Crippen LogP contribution in [0.5, 0.6) is 28.7 Å². The highest BCUT2D eigenvalue weighted by Crippen LogP contribution is 2.35. The lowest BCUT2D eigenvalue weighted by molar-refractivity contribution is -0.149. The minimum Gasteiger partial charge on any atom is -0.494 e. The van der Waals surface area contributed by atoms with Gasteiger partial charge in [-0.2, -0.15) is 5.10 Å². The number of anilines is 1. The summed E-state index contributed by atoms with van der Waals surface area (Å²) in [6.45, 7) is 13.5. The monoisotopic (exact) mass is 1160 g/mol. The van der Waals surface area contributed by atoms with Crippen molar-refractivity contribution in [1.82, 2.24) is 4.98 Å². The molecule has 1 heterocycles. The fraction of sp³-hybridized carbons (Fsp3) is 0.446. The summed E-state index contributed by atoms with van der Waals surface area (Å²) in [7, 11) is 1.37. The number of fused-ring (bicyclic) bond motifs is 1. The maximum atomic E-state index is 13.5. The van der Waals surface area contributed by atoms with Crippen LogP contribution in [0.3, 0.4) is 0 Å². The average Bonchev–Trinajstić information content (AvgIpc) is 4.23. The number of nitrogens with zero attached hydrogens (tertiary/aromatic N) is 3. The number of aryl methyl sites for hydroxylation is 1. The van der Waals surface area contributed by atoms with Crippen molar-refractivity contribution >= 4 is 68.7 Å². The number of esters is 6. The Bertz CT molecular complexity index is 2870. The molecule has 4 aromatic carbocycles. The SMILES string of the molecule is C=CC(=O)OCCCCCCOc1ccc(C)cc1.C=CC(=O)OCCCCCCOc1ccc(OC(=O)C2CCC(C(=O)Oc3ccc(OC(=O)C4CCC(C(=O)OC)CC4)c(/C=N/N(CCC)c4nc5ccccc5s4)c3)CC2)cc1. The second kappa shape index (κ2) is 35.2. The number of carbonyl (C=O) groups excluding carboxylic acids is 6. The predicted octanol–water partition coefficient (Wildman–Crippen LogP) is 13.1. The van der Waals surface area contributed by atoms with Crippen LogP contribution in [0.1, 0.15) is 127 Å². The molecule has 2 saturated carbocycles. The van der Waals surface area contributed by atoms with Gasteiger partial charge < -0.3 is 37.9 Å². The van der Waals surface area contributed by atoms with Gasteiger partial charge in [0, 0.05) is 24.3 Å². The molecule has 0 unspecified atom stereocenters. The number of unbranched alkanes of at least 4 members (excludes halogenated alkanes) is 6. The van der Waals surface area contributed by atoms with Gasteiger partial charge in [-0.3, -0.25) is 19.2 Å². The molecule has 0 bridgehead atoms. The second-order valence-electron chi connectivity index (χ2n) is 20.5. The van der Waals surface area contributed by atoms with Crippen molar-refractivity contribution < 1.29 is 66.7 Å². The van der Waals surface area contributed by atoms with Crippen molar-refractivity contribution in [1.29, 1.82) is 0 Å². The number of para-hydroxylation sites is 1. The van der Waals surface area contributed by atoms with Gasteiger partial charge in [-0.05, 0) is 183 Å². The number of ether oxygens (including phenoxy) is 8. The van der Waals surface area contributed by atoms with Crippen molar-refractivity contribution in [2.45, 2.75) is 123 Å². The Balaban J connectivity index is 0.000000494. The number of rotatable bonds is 30. The van der Waals surface area contributed by atoms with Gasteiger partial charge in [-0.25, -0.2) is 19.6 Å². The van der Waals surface area contributed by atoms with E-state index in [4.69, 9.17) is 48.0 Å². The van der Waals surface area contributed by atoms with Crippen molar-refractivity contribution in [2.75, 3.05) is 45.1 Å². The molecule has 5 aromatic rings. The second-order valence-corrected chi connectivity index (χ2v) is 21.5. The molecule has 0 amide bonds. The van der Waals surface area contributed by atoms with Gasteiger partial charge >= 0.3 is 35.8 Å². The van der Waals surface area contributed by atoms with Crippen LogP contribution in [-0.4, -0.2) is 87.1 Å². The molecule has 83 heavy (non-hydrogen) atoms. The summed E-state index contributed by atoms with van der Waals surface area (Å²) < 4.78 is 44.8. The van der Waals surface area contributed by atoms with Gasteiger partial charge in [0.1, 0.15) is 28.7 Å². The largest absolute Gasteiger partial charge is 0.494 e. The van der Waals surface area contributed by atoms with Crippen LogP contribution >= 0.6 is 11.3 Å². The third-order valence-corrected chi connectivity index (χ3v) is 15.2. The highest BCUT2D eigenvalue weighted by molar-refractivity contribution is 7.22. The summed E-state index contributed by atoms with van der Waals surface area (Å²) in [5.41, 5.74) is 2.55. The molecule has 0 spiro atoms. The predicted molar refractivity (Wildman–Crippen MR) is 319 cm³/mol. The van der Waals surface area contributed by atoms with E-state index < -0.39 is 23.8 Å². The molecule has 2 aliphatic rings. The Morgan fingerprint density at radius 1 is 0.578 bits per heavy atom.